The van der Waals surface area contributed by atoms with Crippen molar-refractivity contribution in [3.8, 4) is 0 Å². The standard InChI is InChI=1S/C14H21ClN2O3S/c1-10-6-11(15)12(16)7-13(10)21(19,20)17-8-14(9-18)4-2-3-5-14/h6-7,17-18H,2-5,8-9,16H2,1H3. The number of aryl methyl sites for hydroxylation is 1. The van der Waals surface area contributed by atoms with Crippen LogP contribution in [0.1, 0.15) is 31.2 Å². The average molecular weight is 333 g/mol. The highest BCUT2D eigenvalue weighted by Crippen LogP contribution is 2.37. The number of aliphatic hydroxyl groups excluding tert-OH is 1. The number of aliphatic hydroxyl groups is 1. The number of nitrogens with one attached hydrogen (secondary N) is 1. The largest absolute Gasteiger partial charge is 0.397 e. The summed E-state index contributed by atoms with van der Waals surface area (Å²) in [5.41, 5.74) is 6.14. The van der Waals surface area contributed by atoms with Gasteiger partial charge in [-0.15, -0.1) is 0 Å². The van der Waals surface area contributed by atoms with Crippen molar-refractivity contribution in [1.29, 1.82) is 0 Å². The maximum absolute atomic E-state index is 12.4. The highest BCUT2D eigenvalue weighted by atomic mass is 35.5. The van der Waals surface area contributed by atoms with E-state index in [0.717, 1.165) is 25.7 Å². The smallest absolute Gasteiger partial charge is 0.240 e. The normalized spacial score (nSPS) is 18.0. The lowest BCUT2D eigenvalue weighted by atomic mass is 9.88. The second-order valence-corrected chi connectivity index (χ2v) is 7.97. The zero-order valence-corrected chi connectivity index (χ0v) is 13.6. The predicted molar refractivity (Wildman–Crippen MR) is 83.8 cm³/mol. The number of nitrogen functional groups attached to an aromatic ring is 1. The molecule has 118 valence electrons. The van der Waals surface area contributed by atoms with Crippen molar-refractivity contribution in [3.05, 3.63) is 22.7 Å². The molecule has 21 heavy (non-hydrogen) atoms. The minimum absolute atomic E-state index is 0.00272. The second-order valence-electron chi connectivity index (χ2n) is 5.83. The molecule has 1 aromatic carbocycles. The maximum atomic E-state index is 12.4. The van der Waals surface area contributed by atoms with Gasteiger partial charge in [0.15, 0.2) is 0 Å². The summed E-state index contributed by atoms with van der Waals surface area (Å²) in [5, 5.41) is 9.89. The van der Waals surface area contributed by atoms with Gasteiger partial charge in [0.1, 0.15) is 0 Å². The fourth-order valence-electron chi connectivity index (χ4n) is 2.80. The number of rotatable bonds is 5. The molecule has 2 rings (SSSR count). The molecule has 0 amide bonds. The third-order valence-electron chi connectivity index (χ3n) is 4.22. The van der Waals surface area contributed by atoms with Crippen LogP contribution in [0.5, 0.6) is 0 Å². The van der Waals surface area contributed by atoms with Crippen molar-refractivity contribution in [2.24, 2.45) is 5.41 Å². The monoisotopic (exact) mass is 332 g/mol. The molecule has 1 aliphatic carbocycles. The summed E-state index contributed by atoms with van der Waals surface area (Å²) >= 11 is 5.89. The van der Waals surface area contributed by atoms with Gasteiger partial charge in [0.25, 0.3) is 0 Å². The van der Waals surface area contributed by atoms with E-state index >= 15 is 0 Å². The number of hydrogen-bond acceptors (Lipinski definition) is 4. The van der Waals surface area contributed by atoms with Gasteiger partial charge in [-0.3, -0.25) is 0 Å². The van der Waals surface area contributed by atoms with E-state index in [1.54, 1.807) is 13.0 Å². The van der Waals surface area contributed by atoms with Gasteiger partial charge < -0.3 is 10.8 Å². The van der Waals surface area contributed by atoms with Gasteiger partial charge in [-0.1, -0.05) is 24.4 Å². The Morgan fingerprint density at radius 2 is 2.00 bits per heavy atom. The van der Waals surface area contributed by atoms with Gasteiger partial charge in [0, 0.05) is 18.6 Å². The number of halogens is 1. The van der Waals surface area contributed by atoms with Crippen LogP contribution in [-0.2, 0) is 10.0 Å². The van der Waals surface area contributed by atoms with E-state index in [1.807, 2.05) is 0 Å². The lowest BCUT2D eigenvalue weighted by Gasteiger charge is -2.26. The Kier molecular flexibility index (Phi) is 4.82. The number of hydrogen-bond donors (Lipinski definition) is 3. The van der Waals surface area contributed by atoms with E-state index in [0.29, 0.717) is 10.6 Å². The first kappa shape index (κ1) is 16.5. The van der Waals surface area contributed by atoms with Crippen LogP contribution in [0.2, 0.25) is 5.02 Å². The van der Waals surface area contributed by atoms with E-state index in [-0.39, 0.29) is 29.1 Å². The molecule has 0 atom stereocenters. The summed E-state index contributed by atoms with van der Waals surface area (Å²) in [6, 6.07) is 2.92. The topological polar surface area (TPSA) is 92.4 Å². The first-order valence-electron chi connectivity index (χ1n) is 6.96. The van der Waals surface area contributed by atoms with Crippen LogP contribution in [0.15, 0.2) is 17.0 Å². The van der Waals surface area contributed by atoms with Gasteiger partial charge in [-0.05, 0) is 37.5 Å². The summed E-state index contributed by atoms with van der Waals surface area (Å²) < 4.78 is 27.5. The van der Waals surface area contributed by atoms with Crippen LogP contribution >= 0.6 is 11.6 Å². The maximum Gasteiger partial charge on any atom is 0.240 e. The minimum Gasteiger partial charge on any atom is -0.397 e. The molecule has 0 heterocycles. The third kappa shape index (κ3) is 3.51. The number of sulfonamides is 1. The average Bonchev–Trinajstić information content (AvgIpc) is 2.90. The first-order valence-corrected chi connectivity index (χ1v) is 8.82. The van der Waals surface area contributed by atoms with Crippen molar-refractivity contribution in [2.75, 3.05) is 18.9 Å². The van der Waals surface area contributed by atoms with Crippen molar-refractivity contribution in [1.82, 2.24) is 4.72 Å². The number of anilines is 1. The van der Waals surface area contributed by atoms with Gasteiger partial charge in [-0.25, -0.2) is 13.1 Å². The molecule has 1 aromatic rings. The van der Waals surface area contributed by atoms with E-state index in [2.05, 4.69) is 4.72 Å². The van der Waals surface area contributed by atoms with Crippen LogP contribution in [0.25, 0.3) is 0 Å². The van der Waals surface area contributed by atoms with Crippen molar-refractivity contribution >= 4 is 27.3 Å². The Bertz CT molecular complexity index is 625. The van der Waals surface area contributed by atoms with Crippen LogP contribution in [-0.4, -0.2) is 26.7 Å². The lowest BCUT2D eigenvalue weighted by molar-refractivity contribution is 0.134. The van der Waals surface area contributed by atoms with Gasteiger partial charge in [-0.2, -0.15) is 0 Å². The van der Waals surface area contributed by atoms with Crippen LogP contribution in [0.3, 0.4) is 0 Å². The highest BCUT2D eigenvalue weighted by Gasteiger charge is 2.34. The van der Waals surface area contributed by atoms with Gasteiger partial charge >= 0.3 is 0 Å². The van der Waals surface area contributed by atoms with Crippen molar-refractivity contribution in [2.45, 2.75) is 37.5 Å². The van der Waals surface area contributed by atoms with Gasteiger partial charge in [0.05, 0.1) is 15.6 Å². The molecule has 0 aliphatic heterocycles. The molecule has 1 saturated carbocycles. The molecule has 0 unspecified atom stereocenters. The highest BCUT2D eigenvalue weighted by molar-refractivity contribution is 7.89. The first-order chi connectivity index (χ1) is 9.80. The van der Waals surface area contributed by atoms with Gasteiger partial charge in [0.2, 0.25) is 10.0 Å². The van der Waals surface area contributed by atoms with Crippen molar-refractivity contribution < 1.29 is 13.5 Å². The van der Waals surface area contributed by atoms with Crippen molar-refractivity contribution in [3.63, 3.8) is 0 Å². The zero-order chi connectivity index (χ0) is 15.7. The molecule has 5 nitrogen and oxygen atoms in total. The molecule has 4 N–H and O–H groups in total. The Labute approximate surface area is 130 Å². The summed E-state index contributed by atoms with van der Waals surface area (Å²) in [7, 11) is -3.67. The molecule has 0 spiro atoms. The number of benzene rings is 1. The molecule has 0 bridgehead atoms. The van der Waals surface area contributed by atoms with E-state index in [9.17, 15) is 13.5 Å². The summed E-state index contributed by atoms with van der Waals surface area (Å²) in [6.45, 7) is 1.92. The summed E-state index contributed by atoms with van der Waals surface area (Å²) in [6.07, 6.45) is 3.73. The Morgan fingerprint density at radius 3 is 2.57 bits per heavy atom. The van der Waals surface area contributed by atoms with Crippen LogP contribution in [0, 0.1) is 12.3 Å². The van der Waals surface area contributed by atoms with E-state index in [4.69, 9.17) is 17.3 Å². The Hall–Kier alpha value is -0.820. The second kappa shape index (κ2) is 6.12. The molecule has 1 fully saturated rings. The molecule has 0 aromatic heterocycles. The fourth-order valence-corrected chi connectivity index (χ4v) is 4.43. The molecule has 1 aliphatic rings. The zero-order valence-electron chi connectivity index (χ0n) is 12.0. The molecular formula is C14H21ClN2O3S. The quantitative estimate of drug-likeness (QED) is 0.720. The van der Waals surface area contributed by atoms with E-state index < -0.39 is 10.0 Å². The van der Waals surface area contributed by atoms with Crippen LogP contribution < -0.4 is 10.5 Å². The number of nitrogens with two attached hydrogens (primary N) is 1. The fraction of sp³-hybridized carbons (Fsp3) is 0.571. The van der Waals surface area contributed by atoms with Crippen LogP contribution in [0.4, 0.5) is 5.69 Å². The molecule has 0 radical (unpaired) electrons. The third-order valence-corrected chi connectivity index (χ3v) is 6.09. The molecule has 7 heteroatoms. The Balaban J connectivity index is 2.21. The van der Waals surface area contributed by atoms with E-state index in [1.165, 1.54) is 6.07 Å². The molecular weight excluding hydrogens is 312 g/mol. The summed E-state index contributed by atoms with van der Waals surface area (Å²) in [4.78, 5) is 0.135. The molecule has 0 saturated heterocycles. The lowest BCUT2D eigenvalue weighted by Crippen LogP contribution is -2.38. The predicted octanol–water partition coefficient (Wildman–Crippen LogP) is 2.06. The Morgan fingerprint density at radius 1 is 1.38 bits per heavy atom. The summed E-state index contributed by atoms with van der Waals surface area (Å²) in [5.74, 6) is 0. The minimum atomic E-state index is -3.67. The SMILES string of the molecule is Cc1cc(Cl)c(N)cc1S(=O)(=O)NCC1(CO)CCCC1.